The minimum Gasteiger partial charge on any atom is -0.508 e. The SMILES string of the molecule is CC[C@H](C)[C@@H]1NC(=O)[C@H](Cc2ccc(O)cc2)NC(=O)CCN2C(=O)CC(SC[C@@H](C(=O)O)NC(=O)[C@H](CC(N)=O)NC(=O)[C@H](CCC(N)=O)NC1=O)C2=O. The fourth-order valence-electron chi connectivity index (χ4n) is 5.69. The van der Waals surface area contributed by atoms with Crippen LogP contribution in [0.25, 0.3) is 0 Å². The largest absolute Gasteiger partial charge is 0.508 e. The number of fused-ring (bicyclic) bond motifs is 2. The van der Waals surface area contributed by atoms with Crippen LogP contribution in [0.2, 0.25) is 0 Å². The third-order valence-electron chi connectivity index (χ3n) is 9.02. The molecule has 21 heteroatoms. The lowest BCUT2D eigenvalue weighted by molar-refractivity contribution is -0.142. The van der Waals surface area contributed by atoms with Crippen molar-refractivity contribution in [3.05, 3.63) is 29.8 Å². The van der Waals surface area contributed by atoms with Crippen LogP contribution in [-0.4, -0.2) is 122 Å². The smallest absolute Gasteiger partial charge is 0.327 e. The fourth-order valence-corrected chi connectivity index (χ4v) is 6.87. The highest BCUT2D eigenvalue weighted by atomic mass is 32.2. The van der Waals surface area contributed by atoms with Crippen LogP contribution in [-0.2, 0) is 54.4 Å². The van der Waals surface area contributed by atoms with Gasteiger partial charge in [-0.1, -0.05) is 32.4 Å². The number of primary amides is 2. The van der Waals surface area contributed by atoms with E-state index < -0.39 is 132 Å². The average molecular weight is 791 g/mol. The fraction of sp³-hybridized carbons (Fsp3) is 0.529. The molecule has 2 saturated heterocycles. The van der Waals surface area contributed by atoms with Gasteiger partial charge in [0.05, 0.1) is 11.7 Å². The molecule has 1 aromatic rings. The lowest BCUT2D eigenvalue weighted by Crippen LogP contribution is -2.60. The van der Waals surface area contributed by atoms with E-state index in [-0.39, 0.29) is 25.1 Å². The number of carboxylic acid groups (broad SMARTS) is 1. The summed E-state index contributed by atoms with van der Waals surface area (Å²) >= 11 is 0.752. The number of phenolic OH excluding ortho intramolecular Hbond substituents is 1. The number of carboxylic acids is 1. The topological polar surface area (TPSA) is 327 Å². The molecule has 55 heavy (non-hydrogen) atoms. The van der Waals surface area contributed by atoms with Crippen LogP contribution in [0, 0.1) is 5.92 Å². The van der Waals surface area contributed by atoms with E-state index in [0.717, 1.165) is 16.7 Å². The number of imide groups is 1. The molecule has 0 radical (unpaired) electrons. The Kier molecular flexibility index (Phi) is 16.0. The maximum absolute atomic E-state index is 13.9. The first kappa shape index (κ1) is 43.7. The lowest BCUT2D eigenvalue weighted by atomic mass is 9.96. The highest BCUT2D eigenvalue weighted by molar-refractivity contribution is 8.00. The third-order valence-corrected chi connectivity index (χ3v) is 10.3. The van der Waals surface area contributed by atoms with Gasteiger partial charge in [0.25, 0.3) is 0 Å². The molecule has 1 aromatic carbocycles. The molecule has 9 amide bonds. The molecule has 300 valence electrons. The minimum absolute atomic E-state index is 0.0559. The quantitative estimate of drug-likeness (QED) is 0.106. The molecule has 7 atom stereocenters. The Morgan fingerprint density at radius 2 is 1.47 bits per heavy atom. The Morgan fingerprint density at radius 3 is 2.07 bits per heavy atom. The Hall–Kier alpha value is -5.73. The highest BCUT2D eigenvalue weighted by Crippen LogP contribution is 2.26. The number of nitrogens with zero attached hydrogens (tertiary/aromatic N) is 1. The zero-order valence-electron chi connectivity index (χ0n) is 30.2. The Morgan fingerprint density at radius 1 is 0.855 bits per heavy atom. The highest BCUT2D eigenvalue weighted by Gasteiger charge is 2.41. The molecule has 3 rings (SSSR count). The number of nitrogens with two attached hydrogens (primary N) is 2. The third kappa shape index (κ3) is 13.0. The van der Waals surface area contributed by atoms with Crippen LogP contribution >= 0.6 is 11.8 Å². The number of carbonyl (C=O) groups is 10. The number of benzene rings is 1. The number of amides is 9. The van der Waals surface area contributed by atoms with Crippen molar-refractivity contribution >= 4 is 70.9 Å². The van der Waals surface area contributed by atoms with Crippen molar-refractivity contribution in [1.29, 1.82) is 0 Å². The number of rotatable bonds is 10. The molecule has 2 heterocycles. The second-order valence-electron chi connectivity index (χ2n) is 13.2. The molecule has 2 aliphatic rings. The minimum atomic E-state index is -1.76. The van der Waals surface area contributed by atoms with Crippen molar-refractivity contribution in [2.75, 3.05) is 12.3 Å². The number of hydrogen-bond donors (Lipinski definition) is 9. The molecule has 2 fully saturated rings. The number of aliphatic carboxylic acids is 1. The summed E-state index contributed by atoms with van der Waals surface area (Å²) in [5, 5.41) is 30.6. The molecule has 0 spiro atoms. The molecule has 2 aliphatic heterocycles. The molecule has 11 N–H and O–H groups in total. The molecule has 20 nitrogen and oxygen atoms in total. The molecule has 2 bridgehead atoms. The summed E-state index contributed by atoms with van der Waals surface area (Å²) in [7, 11) is 0. The van der Waals surface area contributed by atoms with Crippen molar-refractivity contribution in [3.63, 3.8) is 0 Å². The van der Waals surface area contributed by atoms with Gasteiger partial charge in [0, 0.05) is 38.0 Å². The first-order valence-electron chi connectivity index (χ1n) is 17.4. The van der Waals surface area contributed by atoms with Gasteiger partial charge in [0.2, 0.25) is 53.2 Å². The summed E-state index contributed by atoms with van der Waals surface area (Å²) in [5.41, 5.74) is 11.1. The average Bonchev–Trinajstić information content (AvgIpc) is 3.39. The van der Waals surface area contributed by atoms with E-state index in [1.165, 1.54) is 24.3 Å². The van der Waals surface area contributed by atoms with Gasteiger partial charge in [0.1, 0.15) is 36.0 Å². The number of nitrogens with one attached hydrogen (secondary N) is 5. The van der Waals surface area contributed by atoms with Gasteiger partial charge in [-0.05, 0) is 30.0 Å². The number of hydrogen-bond acceptors (Lipinski definition) is 12. The molecule has 1 unspecified atom stereocenters. The summed E-state index contributed by atoms with van der Waals surface area (Å²) < 4.78 is 0. The van der Waals surface area contributed by atoms with Crippen molar-refractivity contribution in [3.8, 4) is 5.75 Å². The van der Waals surface area contributed by atoms with E-state index in [4.69, 9.17) is 11.5 Å². The zero-order valence-corrected chi connectivity index (χ0v) is 31.0. The van der Waals surface area contributed by atoms with Crippen molar-refractivity contribution in [2.45, 2.75) is 94.3 Å². The zero-order chi connectivity index (χ0) is 41.0. The van der Waals surface area contributed by atoms with Crippen LogP contribution < -0.4 is 38.1 Å². The van der Waals surface area contributed by atoms with E-state index in [1.54, 1.807) is 13.8 Å². The monoisotopic (exact) mass is 790 g/mol. The van der Waals surface area contributed by atoms with E-state index in [1.807, 2.05) is 0 Å². The Labute approximate surface area is 319 Å². The van der Waals surface area contributed by atoms with E-state index >= 15 is 0 Å². The van der Waals surface area contributed by atoms with E-state index in [9.17, 15) is 58.2 Å². The molecule has 0 aromatic heterocycles. The molecular formula is C34H46N8O12S. The maximum Gasteiger partial charge on any atom is 0.327 e. The van der Waals surface area contributed by atoms with Crippen LogP contribution in [0.3, 0.4) is 0 Å². The lowest BCUT2D eigenvalue weighted by Gasteiger charge is -2.29. The molecule has 0 saturated carbocycles. The van der Waals surface area contributed by atoms with Crippen LogP contribution in [0.5, 0.6) is 5.75 Å². The summed E-state index contributed by atoms with van der Waals surface area (Å²) in [6.07, 6.45) is -2.17. The van der Waals surface area contributed by atoms with Crippen molar-refractivity contribution in [2.24, 2.45) is 17.4 Å². The van der Waals surface area contributed by atoms with Gasteiger partial charge in [-0.3, -0.25) is 48.1 Å². The van der Waals surface area contributed by atoms with Crippen molar-refractivity contribution in [1.82, 2.24) is 31.5 Å². The summed E-state index contributed by atoms with van der Waals surface area (Å²) in [5.74, 6) is -10.6. The van der Waals surface area contributed by atoms with Gasteiger partial charge in [0.15, 0.2) is 0 Å². The second kappa shape index (κ2) is 20.1. The second-order valence-corrected chi connectivity index (χ2v) is 14.5. The molecule has 0 aliphatic carbocycles. The predicted molar refractivity (Wildman–Crippen MR) is 193 cm³/mol. The molecular weight excluding hydrogens is 744 g/mol. The summed E-state index contributed by atoms with van der Waals surface area (Å²) in [6, 6.07) is -1.92. The van der Waals surface area contributed by atoms with Gasteiger partial charge < -0.3 is 48.3 Å². The van der Waals surface area contributed by atoms with Gasteiger partial charge >= 0.3 is 5.97 Å². The first-order valence-corrected chi connectivity index (χ1v) is 18.5. The Balaban J connectivity index is 2.05. The van der Waals surface area contributed by atoms with Gasteiger partial charge in [-0.2, -0.15) is 0 Å². The standard InChI is InChI=1S/C34H46N8O12S/c1-3-16(2)28-32(51)38-19(8-9-24(35)44)29(48)39-21(13-25(36)45)30(49)40-22(34(53)54)15-55-23-14-27(47)42(33(23)52)11-10-26(46)37-20(31(50)41-28)12-17-4-6-18(43)7-5-17/h4-7,16,19-23,28,43H,3,8-15H2,1-2H3,(H2,35,44)(H2,36,45)(H,37,46)(H,38,51)(H,39,48)(H,40,49)(H,41,50)(H,53,54)/t16-,19-,20-,21-,22-,23?,28-/m0/s1. The number of thioether (sulfide) groups is 1. The summed E-state index contributed by atoms with van der Waals surface area (Å²) in [4.78, 5) is 130. The first-order chi connectivity index (χ1) is 25.9. The summed E-state index contributed by atoms with van der Waals surface area (Å²) in [6.45, 7) is 2.98. The van der Waals surface area contributed by atoms with E-state index in [0.29, 0.717) is 12.0 Å². The van der Waals surface area contributed by atoms with Crippen LogP contribution in [0.4, 0.5) is 0 Å². The van der Waals surface area contributed by atoms with Gasteiger partial charge in [-0.15, -0.1) is 11.8 Å². The van der Waals surface area contributed by atoms with Crippen molar-refractivity contribution < 1.29 is 58.2 Å². The predicted octanol–water partition coefficient (Wildman–Crippen LogP) is -3.11. The normalized spacial score (nSPS) is 25.6. The van der Waals surface area contributed by atoms with Crippen LogP contribution in [0.1, 0.15) is 57.9 Å². The van der Waals surface area contributed by atoms with Gasteiger partial charge in [-0.25, -0.2) is 4.79 Å². The van der Waals surface area contributed by atoms with E-state index in [2.05, 4.69) is 26.6 Å². The number of aromatic hydroxyl groups is 1. The van der Waals surface area contributed by atoms with Crippen LogP contribution in [0.15, 0.2) is 24.3 Å². The Bertz CT molecular complexity index is 1670. The maximum atomic E-state index is 13.9. The number of phenols is 1. The number of carbonyl (C=O) groups excluding carboxylic acids is 9.